The molecule has 0 aromatic heterocycles. The van der Waals surface area contributed by atoms with Crippen LogP contribution >= 0.6 is 0 Å². The monoisotopic (exact) mass is 260 g/mol. The molecule has 0 radical (unpaired) electrons. The fourth-order valence-electron chi connectivity index (χ4n) is 2.27. The molecule has 0 amide bonds. The number of esters is 1. The van der Waals surface area contributed by atoms with Crippen molar-refractivity contribution < 1.29 is 14.0 Å². The molecule has 0 aliphatic heterocycles. The summed E-state index contributed by atoms with van der Waals surface area (Å²) < 4.78 is 11.7. The number of hydrogen-bond acceptors (Lipinski definition) is 3. The predicted molar refractivity (Wildman–Crippen MR) is 73.4 cm³/mol. The van der Waals surface area contributed by atoms with Crippen molar-refractivity contribution in [2.75, 3.05) is 6.61 Å². The van der Waals surface area contributed by atoms with Gasteiger partial charge in [0.25, 0.3) is 0 Å². The van der Waals surface area contributed by atoms with Crippen LogP contribution in [0.1, 0.15) is 53.9 Å². The molecule has 0 fully saturated rings. The van der Waals surface area contributed by atoms with Crippen LogP contribution < -0.4 is 0 Å². The third kappa shape index (κ3) is 4.80. The Hall–Kier alpha value is -0.353. The molecule has 0 bridgehead atoms. The standard InChI is InChI=1S/C13H28O3Si/c1-6-11-12(14)16-13(7-2)17(9-4,10-5)15-8-3/h13H,6-11H2,1-5H3. The maximum Gasteiger partial charge on any atom is 0.305 e. The van der Waals surface area contributed by atoms with Crippen molar-refractivity contribution in [3.63, 3.8) is 0 Å². The van der Waals surface area contributed by atoms with Gasteiger partial charge in [-0.1, -0.05) is 27.7 Å². The van der Waals surface area contributed by atoms with E-state index < -0.39 is 8.32 Å². The lowest BCUT2D eigenvalue weighted by Crippen LogP contribution is -2.51. The van der Waals surface area contributed by atoms with Crippen LogP contribution in [0.2, 0.25) is 12.1 Å². The zero-order chi connectivity index (χ0) is 13.3. The first-order chi connectivity index (χ1) is 8.10. The maximum absolute atomic E-state index is 11.6. The van der Waals surface area contributed by atoms with Gasteiger partial charge in [-0.05, 0) is 31.9 Å². The van der Waals surface area contributed by atoms with E-state index in [4.69, 9.17) is 9.16 Å². The van der Waals surface area contributed by atoms with Gasteiger partial charge >= 0.3 is 5.97 Å². The van der Waals surface area contributed by atoms with Crippen LogP contribution in [0.15, 0.2) is 0 Å². The minimum Gasteiger partial charge on any atom is -0.463 e. The Bertz CT molecular complexity index is 215. The fraction of sp³-hybridized carbons (Fsp3) is 0.923. The van der Waals surface area contributed by atoms with Crippen molar-refractivity contribution in [1.82, 2.24) is 0 Å². The molecule has 0 saturated carbocycles. The van der Waals surface area contributed by atoms with Crippen molar-refractivity contribution in [2.24, 2.45) is 0 Å². The Labute approximate surface area is 107 Å². The summed E-state index contributed by atoms with van der Waals surface area (Å²) in [6.07, 6.45) is 2.22. The SMILES string of the molecule is CCCC(=O)OC(CC)[Si](CC)(CC)OCC. The Morgan fingerprint density at radius 2 is 1.71 bits per heavy atom. The Balaban J connectivity index is 4.71. The van der Waals surface area contributed by atoms with Crippen LogP contribution in [-0.2, 0) is 14.0 Å². The summed E-state index contributed by atoms with van der Waals surface area (Å²) in [5, 5.41) is 0. The quantitative estimate of drug-likeness (QED) is 0.469. The van der Waals surface area contributed by atoms with E-state index in [2.05, 4.69) is 20.8 Å². The second kappa shape index (κ2) is 8.70. The smallest absolute Gasteiger partial charge is 0.305 e. The highest BCUT2D eigenvalue weighted by molar-refractivity contribution is 6.75. The first kappa shape index (κ1) is 16.6. The van der Waals surface area contributed by atoms with Gasteiger partial charge in [0, 0.05) is 13.0 Å². The molecule has 0 aliphatic carbocycles. The lowest BCUT2D eigenvalue weighted by molar-refractivity contribution is -0.146. The summed E-state index contributed by atoms with van der Waals surface area (Å²) in [6.45, 7) is 11.1. The largest absolute Gasteiger partial charge is 0.463 e. The molecule has 1 atom stereocenters. The molecule has 0 N–H and O–H groups in total. The summed E-state index contributed by atoms with van der Waals surface area (Å²) in [6, 6.07) is 2.02. The molecule has 17 heavy (non-hydrogen) atoms. The van der Waals surface area contributed by atoms with Crippen LogP contribution in [0.3, 0.4) is 0 Å². The van der Waals surface area contributed by atoms with Gasteiger partial charge in [-0.25, -0.2) is 0 Å². The fourth-order valence-corrected chi connectivity index (χ4v) is 5.94. The number of ether oxygens (including phenoxy) is 1. The molecule has 0 rings (SSSR count). The Morgan fingerprint density at radius 3 is 2.06 bits per heavy atom. The van der Waals surface area contributed by atoms with Crippen molar-refractivity contribution in [3.8, 4) is 0 Å². The molecule has 0 heterocycles. The second-order valence-corrected chi connectivity index (χ2v) is 8.82. The number of carbonyl (C=O) groups is 1. The van der Waals surface area contributed by atoms with E-state index in [1.807, 2.05) is 13.8 Å². The van der Waals surface area contributed by atoms with E-state index >= 15 is 0 Å². The average Bonchev–Trinajstić information content (AvgIpc) is 2.34. The molecule has 0 spiro atoms. The minimum atomic E-state index is -1.91. The van der Waals surface area contributed by atoms with Crippen molar-refractivity contribution in [1.29, 1.82) is 0 Å². The molecule has 102 valence electrons. The normalized spacial score (nSPS) is 13.5. The van der Waals surface area contributed by atoms with Crippen LogP contribution in [0.25, 0.3) is 0 Å². The average molecular weight is 260 g/mol. The van der Waals surface area contributed by atoms with Gasteiger partial charge in [0.1, 0.15) is 5.73 Å². The van der Waals surface area contributed by atoms with Gasteiger partial charge in [-0.15, -0.1) is 0 Å². The van der Waals surface area contributed by atoms with E-state index in [0.717, 1.165) is 31.5 Å². The molecular weight excluding hydrogens is 232 g/mol. The third-order valence-electron chi connectivity index (χ3n) is 3.31. The highest BCUT2D eigenvalue weighted by Gasteiger charge is 2.41. The van der Waals surface area contributed by atoms with Crippen LogP contribution in [0.4, 0.5) is 0 Å². The predicted octanol–water partition coefficient (Wildman–Crippen LogP) is 3.67. The second-order valence-electron chi connectivity index (χ2n) is 4.34. The third-order valence-corrected chi connectivity index (χ3v) is 8.27. The van der Waals surface area contributed by atoms with Gasteiger partial charge in [0.2, 0.25) is 8.32 Å². The van der Waals surface area contributed by atoms with Crippen molar-refractivity contribution in [3.05, 3.63) is 0 Å². The van der Waals surface area contributed by atoms with E-state index in [0.29, 0.717) is 6.42 Å². The molecular formula is C13H28O3Si. The zero-order valence-corrected chi connectivity index (χ0v) is 13.0. The van der Waals surface area contributed by atoms with E-state index in [1.165, 1.54) is 0 Å². The lowest BCUT2D eigenvalue weighted by atomic mass is 10.3. The van der Waals surface area contributed by atoms with Crippen LogP contribution in [-0.4, -0.2) is 26.6 Å². The van der Waals surface area contributed by atoms with Crippen LogP contribution in [0.5, 0.6) is 0 Å². The molecule has 0 aromatic rings. The minimum absolute atomic E-state index is 0.0106. The molecule has 0 saturated heterocycles. The molecule has 0 aliphatic rings. The van der Waals surface area contributed by atoms with Crippen molar-refractivity contribution in [2.45, 2.75) is 71.7 Å². The molecule has 1 unspecified atom stereocenters. The summed E-state index contributed by atoms with van der Waals surface area (Å²) in [5.41, 5.74) is 0.0106. The van der Waals surface area contributed by atoms with E-state index in [1.54, 1.807) is 0 Å². The topological polar surface area (TPSA) is 35.5 Å². The summed E-state index contributed by atoms with van der Waals surface area (Å²) in [7, 11) is -1.91. The first-order valence-corrected chi connectivity index (χ1v) is 9.33. The number of hydrogen-bond donors (Lipinski definition) is 0. The van der Waals surface area contributed by atoms with Crippen molar-refractivity contribution >= 4 is 14.3 Å². The number of carbonyl (C=O) groups excluding carboxylic acids is 1. The van der Waals surface area contributed by atoms with E-state index in [-0.39, 0.29) is 11.7 Å². The Morgan fingerprint density at radius 1 is 1.12 bits per heavy atom. The Kier molecular flexibility index (Phi) is 8.52. The summed E-state index contributed by atoms with van der Waals surface area (Å²) in [4.78, 5) is 11.6. The zero-order valence-electron chi connectivity index (χ0n) is 12.0. The number of rotatable bonds is 9. The van der Waals surface area contributed by atoms with Gasteiger partial charge < -0.3 is 9.16 Å². The van der Waals surface area contributed by atoms with Gasteiger partial charge in [0.05, 0.1) is 0 Å². The lowest BCUT2D eigenvalue weighted by Gasteiger charge is -2.35. The van der Waals surface area contributed by atoms with Crippen LogP contribution in [0, 0.1) is 0 Å². The highest BCUT2D eigenvalue weighted by Crippen LogP contribution is 2.26. The molecule has 3 nitrogen and oxygen atoms in total. The molecule has 0 aromatic carbocycles. The summed E-state index contributed by atoms with van der Waals surface area (Å²) in [5.74, 6) is -0.0715. The summed E-state index contributed by atoms with van der Waals surface area (Å²) >= 11 is 0. The van der Waals surface area contributed by atoms with Gasteiger partial charge in [-0.2, -0.15) is 0 Å². The van der Waals surface area contributed by atoms with E-state index in [9.17, 15) is 4.79 Å². The van der Waals surface area contributed by atoms with Gasteiger partial charge in [0.15, 0.2) is 0 Å². The first-order valence-electron chi connectivity index (χ1n) is 6.93. The van der Waals surface area contributed by atoms with Gasteiger partial charge in [-0.3, -0.25) is 4.79 Å². The maximum atomic E-state index is 11.6. The highest BCUT2D eigenvalue weighted by atomic mass is 28.4. The molecule has 4 heteroatoms.